The van der Waals surface area contributed by atoms with Gasteiger partial charge in [-0.3, -0.25) is 4.79 Å². The van der Waals surface area contributed by atoms with Crippen LogP contribution in [0.2, 0.25) is 0 Å². The zero-order valence-electron chi connectivity index (χ0n) is 16.4. The third-order valence-electron chi connectivity index (χ3n) is 3.96. The van der Waals surface area contributed by atoms with Gasteiger partial charge in [0, 0.05) is 11.4 Å². The van der Waals surface area contributed by atoms with E-state index in [4.69, 9.17) is 0 Å². The summed E-state index contributed by atoms with van der Waals surface area (Å²) in [4.78, 5) is 17.0. The summed E-state index contributed by atoms with van der Waals surface area (Å²) in [6.07, 6.45) is -4.67. The van der Waals surface area contributed by atoms with E-state index in [-0.39, 0.29) is 12.5 Å². The smallest absolute Gasteiger partial charge is 0.301 e. The number of anilines is 1. The van der Waals surface area contributed by atoms with Crippen LogP contribution in [0, 0.1) is 19.8 Å². The molecule has 1 amide bonds. The average molecular weight is 450 g/mol. The lowest BCUT2D eigenvalue weighted by molar-refractivity contribution is -0.137. The molecule has 0 aliphatic carbocycles. The van der Waals surface area contributed by atoms with Crippen molar-refractivity contribution in [1.29, 1.82) is 0 Å². The number of hydrogen-bond donors (Lipinski definition) is 1. The molecule has 1 aromatic heterocycles. The largest absolute Gasteiger partial charge is 0.416 e. The highest BCUT2D eigenvalue weighted by molar-refractivity contribution is 7.89. The molecule has 0 aliphatic rings. The summed E-state index contributed by atoms with van der Waals surface area (Å²) in [5.74, 6) is -0.761. The number of nitrogens with zero attached hydrogens (tertiary/aromatic N) is 2. The second-order valence-electron chi connectivity index (χ2n) is 6.93. The van der Waals surface area contributed by atoms with Crippen molar-refractivity contribution in [1.82, 2.24) is 9.29 Å². The molecule has 0 spiro atoms. The number of halogens is 3. The van der Waals surface area contributed by atoms with Gasteiger partial charge in [0.15, 0.2) is 5.13 Å². The Morgan fingerprint density at radius 1 is 1.28 bits per heavy atom. The van der Waals surface area contributed by atoms with Crippen molar-refractivity contribution in [3.8, 4) is 0 Å². The molecule has 0 saturated carbocycles. The zero-order chi connectivity index (χ0) is 22.0. The Hall–Kier alpha value is -1.98. The first-order valence-corrected chi connectivity index (χ1v) is 11.0. The summed E-state index contributed by atoms with van der Waals surface area (Å²) in [7, 11) is -4.31. The third kappa shape index (κ3) is 6.00. The maximum absolute atomic E-state index is 13.0. The van der Waals surface area contributed by atoms with Gasteiger partial charge in [-0.2, -0.15) is 17.5 Å². The number of aryl methyl sites for hydroxylation is 2. The Kier molecular flexibility index (Phi) is 7.07. The van der Waals surface area contributed by atoms with Gasteiger partial charge in [-0.15, -0.1) is 11.3 Å². The number of hydrogen-bond acceptors (Lipinski definition) is 5. The minimum Gasteiger partial charge on any atom is -0.301 e. The summed E-state index contributed by atoms with van der Waals surface area (Å²) in [5, 5.41) is 2.89. The second-order valence-corrected chi connectivity index (χ2v) is 10.1. The molecule has 0 radical (unpaired) electrons. The molecule has 2 aromatic rings. The first-order valence-electron chi connectivity index (χ1n) is 8.72. The Labute approximate surface area is 171 Å². The third-order valence-corrected chi connectivity index (χ3v) is 6.76. The van der Waals surface area contributed by atoms with Gasteiger partial charge in [0.2, 0.25) is 15.9 Å². The second kappa shape index (κ2) is 8.80. The van der Waals surface area contributed by atoms with Gasteiger partial charge >= 0.3 is 6.18 Å². The predicted molar refractivity (Wildman–Crippen MR) is 105 cm³/mol. The number of carbonyl (C=O) groups is 1. The SMILES string of the molecule is Cc1nc(NC(=O)CN(CC(C)C)S(=O)(=O)c2cccc(C(F)(F)F)c2)sc1C. The zero-order valence-corrected chi connectivity index (χ0v) is 18.0. The Balaban J connectivity index is 2.29. The van der Waals surface area contributed by atoms with Crippen molar-refractivity contribution in [2.75, 3.05) is 18.4 Å². The summed E-state index contributed by atoms with van der Waals surface area (Å²) >= 11 is 1.26. The van der Waals surface area contributed by atoms with Gasteiger partial charge in [-0.1, -0.05) is 19.9 Å². The number of nitrogens with one attached hydrogen (secondary N) is 1. The summed E-state index contributed by atoms with van der Waals surface area (Å²) in [6.45, 7) is 6.56. The van der Waals surface area contributed by atoms with E-state index in [0.717, 1.165) is 33.1 Å². The normalized spacial score (nSPS) is 12.6. The quantitative estimate of drug-likeness (QED) is 0.691. The number of thiazole rings is 1. The highest BCUT2D eigenvalue weighted by Gasteiger charge is 2.33. The summed E-state index contributed by atoms with van der Waals surface area (Å²) < 4.78 is 65.7. The van der Waals surface area contributed by atoms with Crippen molar-refractivity contribution >= 4 is 32.4 Å². The molecule has 0 aliphatic heterocycles. The molecular formula is C18H22F3N3O3S2. The number of aromatic nitrogens is 1. The molecule has 29 heavy (non-hydrogen) atoms. The van der Waals surface area contributed by atoms with Gasteiger partial charge in [-0.25, -0.2) is 13.4 Å². The minimum absolute atomic E-state index is 0.0259. The first-order chi connectivity index (χ1) is 13.3. The monoisotopic (exact) mass is 449 g/mol. The van der Waals surface area contributed by atoms with Crippen molar-refractivity contribution in [3.05, 3.63) is 40.4 Å². The maximum atomic E-state index is 13.0. The molecule has 11 heteroatoms. The lowest BCUT2D eigenvalue weighted by atomic mass is 10.2. The number of rotatable bonds is 7. The Morgan fingerprint density at radius 2 is 1.93 bits per heavy atom. The van der Waals surface area contributed by atoms with E-state index in [1.54, 1.807) is 20.8 Å². The molecular weight excluding hydrogens is 427 g/mol. The van der Waals surface area contributed by atoms with E-state index < -0.39 is 39.1 Å². The number of carbonyl (C=O) groups excluding carboxylic acids is 1. The fourth-order valence-corrected chi connectivity index (χ4v) is 4.92. The van der Waals surface area contributed by atoms with Gasteiger partial charge in [0.25, 0.3) is 0 Å². The van der Waals surface area contributed by atoms with E-state index in [1.807, 2.05) is 6.92 Å². The van der Waals surface area contributed by atoms with Crippen molar-refractivity contribution in [2.45, 2.75) is 38.8 Å². The van der Waals surface area contributed by atoms with Crippen LogP contribution in [0.25, 0.3) is 0 Å². The van der Waals surface area contributed by atoms with Gasteiger partial charge in [0.05, 0.1) is 22.7 Å². The molecule has 0 unspecified atom stereocenters. The fourth-order valence-electron chi connectivity index (χ4n) is 2.48. The van der Waals surface area contributed by atoms with E-state index in [1.165, 1.54) is 11.3 Å². The van der Waals surface area contributed by atoms with Crippen LogP contribution in [-0.2, 0) is 21.0 Å². The lowest BCUT2D eigenvalue weighted by Gasteiger charge is -2.23. The predicted octanol–water partition coefficient (Wildman–Crippen LogP) is 4.06. The van der Waals surface area contributed by atoms with Crippen molar-refractivity contribution in [3.63, 3.8) is 0 Å². The molecule has 1 heterocycles. The summed E-state index contributed by atoms with van der Waals surface area (Å²) in [6, 6.07) is 3.49. The van der Waals surface area contributed by atoms with Crippen LogP contribution in [0.15, 0.2) is 29.2 Å². The standard InChI is InChI=1S/C18H22F3N3O3S2/c1-11(2)9-24(10-16(25)23-17-22-12(3)13(4)28-17)29(26,27)15-7-5-6-14(8-15)18(19,20)21/h5-8,11H,9-10H2,1-4H3,(H,22,23,25). The highest BCUT2D eigenvalue weighted by atomic mass is 32.2. The number of sulfonamides is 1. The summed E-state index contributed by atoms with van der Waals surface area (Å²) in [5.41, 5.74) is -0.317. The topological polar surface area (TPSA) is 79.4 Å². The molecule has 1 aromatic carbocycles. The fraction of sp³-hybridized carbons (Fsp3) is 0.444. The van der Waals surface area contributed by atoms with E-state index >= 15 is 0 Å². The lowest BCUT2D eigenvalue weighted by Crippen LogP contribution is -2.40. The number of alkyl halides is 3. The van der Waals surface area contributed by atoms with Crippen LogP contribution in [0.5, 0.6) is 0 Å². The molecule has 2 rings (SSSR count). The molecule has 0 fully saturated rings. The number of benzene rings is 1. The van der Waals surface area contributed by atoms with Crippen LogP contribution in [0.3, 0.4) is 0 Å². The Bertz CT molecular complexity index is 966. The molecule has 0 bridgehead atoms. The highest BCUT2D eigenvalue weighted by Crippen LogP contribution is 2.31. The Morgan fingerprint density at radius 3 is 2.45 bits per heavy atom. The molecule has 1 N–H and O–H groups in total. The van der Waals surface area contributed by atoms with Crippen LogP contribution in [-0.4, -0.2) is 36.7 Å². The first kappa shape index (κ1) is 23.3. The van der Waals surface area contributed by atoms with Crippen LogP contribution in [0.4, 0.5) is 18.3 Å². The van der Waals surface area contributed by atoms with Crippen LogP contribution >= 0.6 is 11.3 Å². The molecule has 160 valence electrons. The van der Waals surface area contributed by atoms with Crippen molar-refractivity contribution < 1.29 is 26.4 Å². The van der Waals surface area contributed by atoms with Crippen molar-refractivity contribution in [2.24, 2.45) is 5.92 Å². The van der Waals surface area contributed by atoms with Crippen LogP contribution in [0.1, 0.15) is 30.0 Å². The minimum atomic E-state index is -4.67. The maximum Gasteiger partial charge on any atom is 0.416 e. The molecule has 0 atom stereocenters. The van der Waals surface area contributed by atoms with Crippen LogP contribution < -0.4 is 5.32 Å². The van der Waals surface area contributed by atoms with Gasteiger partial charge < -0.3 is 5.32 Å². The van der Waals surface area contributed by atoms with Gasteiger partial charge in [-0.05, 0) is 38.0 Å². The number of amides is 1. The molecule has 6 nitrogen and oxygen atoms in total. The van der Waals surface area contributed by atoms with E-state index in [0.29, 0.717) is 11.2 Å². The average Bonchev–Trinajstić information content (AvgIpc) is 2.90. The van der Waals surface area contributed by atoms with E-state index in [2.05, 4.69) is 10.3 Å². The van der Waals surface area contributed by atoms with E-state index in [9.17, 15) is 26.4 Å². The van der Waals surface area contributed by atoms with Gasteiger partial charge in [0.1, 0.15) is 0 Å². The molecule has 0 saturated heterocycles.